The Morgan fingerprint density at radius 3 is 1.17 bits per heavy atom. The topological polar surface area (TPSA) is 210 Å². The molecule has 0 fully saturated rings. The van der Waals surface area contributed by atoms with Crippen molar-refractivity contribution < 1.29 is 47.9 Å². The largest absolute Gasteiger partial charge is 0.481 e. The minimum atomic E-state index is -0.894. The Bertz CT molecular complexity index is 1970. The Hall–Kier alpha value is -5.74. The van der Waals surface area contributed by atoms with Crippen LogP contribution in [-0.2, 0) is 41.5 Å². The number of rotatable bonds is 26. The van der Waals surface area contributed by atoms with Gasteiger partial charge in [0.05, 0.1) is 73.0 Å². The van der Waals surface area contributed by atoms with Crippen LogP contribution in [0.15, 0.2) is 57.6 Å². The van der Waals surface area contributed by atoms with Crippen LogP contribution in [0, 0.1) is 37.5 Å². The molecular weight excluding hydrogens is 845 g/mol. The normalized spacial score (nSPS) is 12.2. The van der Waals surface area contributed by atoms with Crippen molar-refractivity contribution >= 4 is 46.5 Å². The molecule has 16 nitrogen and oxygen atoms in total. The molecule has 364 valence electrons. The number of aliphatic carboxylic acids is 2. The number of aryl methyl sites for hydroxylation is 2. The van der Waals surface area contributed by atoms with Crippen LogP contribution in [0.1, 0.15) is 114 Å². The SMILES string of the molecule is COCC(CC(=O)O)c1ccc(N(CC(C)C)CC(C)C)c(NC(=O)Cc2cc(C)on2)c1.COCC(CC(=O)O)c1ccc(N(CC(C)C)CC(C)C)c(NC(=O)Cc2cc(C)on2)c1. The summed E-state index contributed by atoms with van der Waals surface area (Å²) >= 11 is 0. The van der Waals surface area contributed by atoms with E-state index in [1.807, 2.05) is 36.4 Å². The smallest absolute Gasteiger partial charge is 0.304 e. The lowest BCUT2D eigenvalue weighted by molar-refractivity contribution is -0.138. The summed E-state index contributed by atoms with van der Waals surface area (Å²) in [6.45, 7) is 24.7. The number of hydrogen-bond acceptors (Lipinski definition) is 12. The van der Waals surface area contributed by atoms with Gasteiger partial charge >= 0.3 is 11.9 Å². The lowest BCUT2D eigenvalue weighted by atomic mass is 9.95. The number of aromatic nitrogens is 2. The molecule has 2 unspecified atom stereocenters. The van der Waals surface area contributed by atoms with Crippen molar-refractivity contribution in [1.82, 2.24) is 10.3 Å². The van der Waals surface area contributed by atoms with Crippen molar-refractivity contribution in [1.29, 1.82) is 0 Å². The number of hydrogen-bond donors (Lipinski definition) is 4. The highest BCUT2D eigenvalue weighted by Crippen LogP contribution is 2.35. The van der Waals surface area contributed by atoms with Crippen LogP contribution in [0.2, 0.25) is 0 Å². The Kier molecular flexibility index (Phi) is 22.4. The predicted octanol–water partition coefficient (Wildman–Crippen LogP) is 8.97. The van der Waals surface area contributed by atoms with Gasteiger partial charge in [-0.3, -0.25) is 19.2 Å². The molecule has 0 aliphatic rings. The molecule has 0 saturated carbocycles. The second-order valence-electron chi connectivity index (χ2n) is 18.7. The van der Waals surface area contributed by atoms with E-state index in [1.54, 1.807) is 40.2 Å². The third kappa shape index (κ3) is 19.0. The molecule has 0 bridgehead atoms. The van der Waals surface area contributed by atoms with Crippen LogP contribution in [-0.4, -0.2) is 97.9 Å². The number of carboxylic acids is 2. The molecular formula is C50H74N6O10. The Morgan fingerprint density at radius 1 is 0.576 bits per heavy atom. The second kappa shape index (κ2) is 27.0. The first kappa shape index (κ1) is 54.6. The third-order valence-electron chi connectivity index (χ3n) is 10.2. The van der Waals surface area contributed by atoms with E-state index in [4.69, 9.17) is 18.5 Å². The number of nitrogens with zero attached hydrogens (tertiary/aromatic N) is 4. The first-order valence-electron chi connectivity index (χ1n) is 22.8. The Morgan fingerprint density at radius 2 is 0.909 bits per heavy atom. The molecule has 66 heavy (non-hydrogen) atoms. The fourth-order valence-electron chi connectivity index (χ4n) is 7.76. The number of anilines is 4. The molecule has 2 heterocycles. The summed E-state index contributed by atoms with van der Waals surface area (Å²) in [7, 11) is 3.11. The van der Waals surface area contributed by atoms with E-state index in [0.29, 0.717) is 58.0 Å². The maximum Gasteiger partial charge on any atom is 0.304 e. The number of carboxylic acid groups (broad SMARTS) is 2. The Labute approximate surface area is 390 Å². The highest BCUT2D eigenvalue weighted by molar-refractivity contribution is 5.96. The summed E-state index contributed by atoms with van der Waals surface area (Å²) in [5, 5.41) is 32.6. The van der Waals surface area contributed by atoms with Gasteiger partial charge in [0, 0.05) is 64.4 Å². The first-order chi connectivity index (χ1) is 31.2. The molecule has 4 N–H and O–H groups in total. The molecule has 4 rings (SSSR count). The van der Waals surface area contributed by atoms with E-state index in [0.717, 1.165) is 48.7 Å². The quantitative estimate of drug-likeness (QED) is 0.0464. The lowest BCUT2D eigenvalue weighted by Gasteiger charge is -2.31. The number of nitrogens with one attached hydrogen (secondary N) is 2. The van der Waals surface area contributed by atoms with E-state index in [1.165, 1.54) is 0 Å². The molecule has 2 atom stereocenters. The molecule has 0 saturated heterocycles. The summed E-state index contributed by atoms with van der Waals surface area (Å²) < 4.78 is 20.7. The zero-order valence-electron chi connectivity index (χ0n) is 41.1. The van der Waals surface area contributed by atoms with Gasteiger partial charge in [-0.2, -0.15) is 0 Å². The number of methoxy groups -OCH3 is 2. The zero-order valence-corrected chi connectivity index (χ0v) is 41.1. The van der Waals surface area contributed by atoms with Crippen molar-refractivity contribution in [2.45, 2.75) is 107 Å². The van der Waals surface area contributed by atoms with Crippen molar-refractivity contribution in [3.05, 3.63) is 82.6 Å². The van der Waals surface area contributed by atoms with Gasteiger partial charge in [-0.1, -0.05) is 77.8 Å². The number of ether oxygens (including phenoxy) is 2. The van der Waals surface area contributed by atoms with Gasteiger partial charge in [0.2, 0.25) is 11.8 Å². The van der Waals surface area contributed by atoms with Crippen LogP contribution in [0.4, 0.5) is 22.7 Å². The highest BCUT2D eigenvalue weighted by atomic mass is 16.5. The van der Waals surface area contributed by atoms with Crippen LogP contribution < -0.4 is 20.4 Å². The molecule has 2 aromatic carbocycles. The zero-order chi connectivity index (χ0) is 49.1. The summed E-state index contributed by atoms with van der Waals surface area (Å²) in [4.78, 5) is 53.1. The van der Waals surface area contributed by atoms with Crippen LogP contribution in [0.3, 0.4) is 0 Å². The number of carbonyl (C=O) groups is 4. The van der Waals surface area contributed by atoms with Crippen molar-refractivity contribution in [2.24, 2.45) is 23.7 Å². The number of benzene rings is 2. The van der Waals surface area contributed by atoms with Gasteiger partial charge in [-0.25, -0.2) is 0 Å². The fraction of sp³-hybridized carbons (Fsp3) is 0.560. The highest BCUT2D eigenvalue weighted by Gasteiger charge is 2.24. The third-order valence-corrected chi connectivity index (χ3v) is 10.2. The monoisotopic (exact) mass is 919 g/mol. The van der Waals surface area contributed by atoms with Crippen LogP contribution in [0.25, 0.3) is 0 Å². The van der Waals surface area contributed by atoms with Gasteiger partial charge in [0.25, 0.3) is 0 Å². The average Bonchev–Trinajstić information content (AvgIpc) is 3.81. The summed E-state index contributed by atoms with van der Waals surface area (Å²) in [6, 6.07) is 15.0. The van der Waals surface area contributed by atoms with Crippen LogP contribution in [0.5, 0.6) is 0 Å². The molecule has 2 amide bonds. The number of carbonyl (C=O) groups excluding carboxylic acids is 2. The van der Waals surface area contributed by atoms with Crippen molar-refractivity contribution in [3.63, 3.8) is 0 Å². The maximum absolute atomic E-state index is 12.9. The minimum absolute atomic E-state index is 0.0551. The van der Waals surface area contributed by atoms with E-state index in [-0.39, 0.29) is 62.5 Å². The second-order valence-corrected chi connectivity index (χ2v) is 18.7. The fourth-order valence-corrected chi connectivity index (χ4v) is 7.76. The Balaban J connectivity index is 0.000000350. The first-order valence-corrected chi connectivity index (χ1v) is 22.8. The van der Waals surface area contributed by atoms with E-state index in [2.05, 4.69) is 86.1 Å². The summed E-state index contributed by atoms with van der Waals surface area (Å²) in [5.41, 5.74) is 5.89. The van der Waals surface area contributed by atoms with Gasteiger partial charge in [-0.05, 0) is 72.9 Å². The van der Waals surface area contributed by atoms with E-state index < -0.39 is 11.9 Å². The van der Waals surface area contributed by atoms with Gasteiger partial charge in [0.1, 0.15) is 11.5 Å². The summed E-state index contributed by atoms with van der Waals surface area (Å²) in [5.74, 6) is 0.165. The van der Waals surface area contributed by atoms with Gasteiger partial charge in [-0.15, -0.1) is 0 Å². The predicted molar refractivity (Wildman–Crippen MR) is 258 cm³/mol. The lowest BCUT2D eigenvalue weighted by Crippen LogP contribution is -2.32. The van der Waals surface area contributed by atoms with E-state index >= 15 is 0 Å². The van der Waals surface area contributed by atoms with Crippen molar-refractivity contribution in [3.8, 4) is 0 Å². The number of amides is 2. The average molecular weight is 919 g/mol. The molecule has 0 radical (unpaired) electrons. The molecule has 16 heteroatoms. The maximum atomic E-state index is 12.9. The molecule has 4 aromatic rings. The molecule has 2 aromatic heterocycles. The summed E-state index contributed by atoms with van der Waals surface area (Å²) in [6.07, 6.45) is 0.0684. The van der Waals surface area contributed by atoms with Crippen LogP contribution >= 0.6 is 0 Å². The van der Waals surface area contributed by atoms with E-state index in [9.17, 15) is 29.4 Å². The standard InChI is InChI=1S/2C25H37N3O5/c2*1-16(2)13-28(14-17(3)4)23-8-7-19(20(15-32-6)11-25(30)31)10-22(23)26-24(29)12-21-9-18(5)33-27-21/h2*7-10,16-17,20H,11-15H2,1-6H3,(H,26,29)(H,30,31). The molecule has 0 spiro atoms. The molecule has 0 aliphatic carbocycles. The molecule has 0 aliphatic heterocycles. The van der Waals surface area contributed by atoms with Gasteiger partial charge < -0.3 is 49.2 Å². The van der Waals surface area contributed by atoms with Crippen molar-refractivity contribution in [2.75, 3.05) is 74.0 Å². The minimum Gasteiger partial charge on any atom is -0.481 e. The van der Waals surface area contributed by atoms with Gasteiger partial charge in [0.15, 0.2) is 0 Å².